The predicted molar refractivity (Wildman–Crippen MR) is 132 cm³/mol. The summed E-state index contributed by atoms with van der Waals surface area (Å²) in [6.07, 6.45) is 6.98. The third-order valence-corrected chi connectivity index (χ3v) is 6.37. The first-order valence-electron chi connectivity index (χ1n) is 11.2. The van der Waals surface area contributed by atoms with E-state index in [1.54, 1.807) is 36.1 Å². The van der Waals surface area contributed by atoms with Crippen LogP contribution in [0.1, 0.15) is 24.4 Å². The van der Waals surface area contributed by atoms with Gasteiger partial charge < -0.3 is 10.5 Å². The van der Waals surface area contributed by atoms with Crippen LogP contribution in [0.5, 0.6) is 0 Å². The highest BCUT2D eigenvalue weighted by Gasteiger charge is 2.26. The first kappa shape index (κ1) is 22.6. The molecular weight excluding hydrogens is 452 g/mol. The van der Waals surface area contributed by atoms with Gasteiger partial charge in [-0.05, 0) is 38.8 Å². The normalized spacial score (nSPS) is 17.6. The molecule has 0 unspecified atom stereocenters. The number of hydrogen-bond donors (Lipinski definition) is 1. The van der Waals surface area contributed by atoms with Gasteiger partial charge in [-0.3, -0.25) is 14.3 Å². The zero-order chi connectivity index (χ0) is 23.8. The van der Waals surface area contributed by atoms with E-state index < -0.39 is 0 Å². The molecule has 5 rings (SSSR count). The van der Waals surface area contributed by atoms with E-state index in [0.29, 0.717) is 40.8 Å². The zero-order valence-electron chi connectivity index (χ0n) is 19.0. The van der Waals surface area contributed by atoms with Gasteiger partial charge in [0.1, 0.15) is 11.5 Å². The SMILES string of the molecule is Cc1cncc(-c2ccc(-c3cc4cnc(C)nc4n(CCOC4CC(N)C4)c3=O)c(Cl)c2)n1. The maximum Gasteiger partial charge on any atom is 0.260 e. The van der Waals surface area contributed by atoms with Crippen LogP contribution in [0.3, 0.4) is 0 Å². The van der Waals surface area contributed by atoms with Gasteiger partial charge in [0.05, 0.1) is 36.8 Å². The molecule has 9 heteroatoms. The Kier molecular flexibility index (Phi) is 6.12. The maximum absolute atomic E-state index is 13.6. The predicted octanol–water partition coefficient (Wildman–Crippen LogP) is 3.69. The fourth-order valence-electron chi connectivity index (χ4n) is 4.19. The van der Waals surface area contributed by atoms with Crippen LogP contribution >= 0.6 is 11.6 Å². The minimum absolute atomic E-state index is 0.156. The lowest BCUT2D eigenvalue weighted by Gasteiger charge is -2.32. The number of halogens is 1. The van der Waals surface area contributed by atoms with Crippen molar-refractivity contribution < 1.29 is 4.74 Å². The Balaban J connectivity index is 1.53. The first-order chi connectivity index (χ1) is 16.4. The van der Waals surface area contributed by atoms with E-state index in [-0.39, 0.29) is 17.7 Å². The van der Waals surface area contributed by atoms with Crippen LogP contribution in [-0.4, -0.2) is 43.3 Å². The zero-order valence-corrected chi connectivity index (χ0v) is 19.8. The molecule has 174 valence electrons. The van der Waals surface area contributed by atoms with Crippen molar-refractivity contribution >= 4 is 22.6 Å². The summed E-state index contributed by atoms with van der Waals surface area (Å²) in [6, 6.07) is 7.56. The second kappa shape index (κ2) is 9.21. The number of nitrogens with zero attached hydrogens (tertiary/aromatic N) is 5. The fourth-order valence-corrected chi connectivity index (χ4v) is 4.48. The molecule has 0 bridgehead atoms. The highest BCUT2D eigenvalue weighted by atomic mass is 35.5. The van der Waals surface area contributed by atoms with Gasteiger partial charge >= 0.3 is 0 Å². The summed E-state index contributed by atoms with van der Waals surface area (Å²) in [5.41, 5.74) is 9.74. The van der Waals surface area contributed by atoms with E-state index in [0.717, 1.165) is 35.2 Å². The third-order valence-electron chi connectivity index (χ3n) is 6.06. The molecule has 3 aromatic heterocycles. The summed E-state index contributed by atoms with van der Waals surface area (Å²) in [5.74, 6) is 0.598. The van der Waals surface area contributed by atoms with E-state index in [1.807, 2.05) is 25.1 Å². The number of aryl methyl sites for hydroxylation is 2. The minimum atomic E-state index is -0.176. The van der Waals surface area contributed by atoms with Crippen LogP contribution < -0.4 is 11.3 Å². The molecule has 8 nitrogen and oxygen atoms in total. The number of fused-ring (bicyclic) bond motifs is 1. The van der Waals surface area contributed by atoms with Crippen LogP contribution in [-0.2, 0) is 11.3 Å². The smallest absolute Gasteiger partial charge is 0.260 e. The van der Waals surface area contributed by atoms with Crippen molar-refractivity contribution in [2.75, 3.05) is 6.61 Å². The van der Waals surface area contributed by atoms with E-state index in [4.69, 9.17) is 22.1 Å². The molecule has 4 aromatic rings. The quantitative estimate of drug-likeness (QED) is 0.452. The lowest BCUT2D eigenvalue weighted by molar-refractivity contribution is -0.0116. The standard InChI is InChI=1S/C25H25ClN6O2/c1-14-11-28-13-23(30-14)16-3-4-20(22(26)8-16)21-7-17-12-29-15(2)31-24(17)32(25(21)33)5-6-34-19-9-18(27)10-19/h3-4,7-8,11-13,18-19H,5-6,9-10,27H2,1-2H3. The maximum atomic E-state index is 13.6. The van der Waals surface area contributed by atoms with Gasteiger partial charge in [0.15, 0.2) is 0 Å². The molecule has 1 aliphatic rings. The molecule has 0 radical (unpaired) electrons. The van der Waals surface area contributed by atoms with Crippen molar-refractivity contribution in [1.82, 2.24) is 24.5 Å². The van der Waals surface area contributed by atoms with Crippen LogP contribution in [0, 0.1) is 13.8 Å². The number of hydrogen-bond acceptors (Lipinski definition) is 7. The molecule has 2 N–H and O–H groups in total. The Morgan fingerprint density at radius 3 is 2.68 bits per heavy atom. The van der Waals surface area contributed by atoms with Crippen LogP contribution in [0.4, 0.5) is 0 Å². The average molecular weight is 477 g/mol. The van der Waals surface area contributed by atoms with Crippen LogP contribution in [0.2, 0.25) is 5.02 Å². The van der Waals surface area contributed by atoms with E-state index in [2.05, 4.69) is 19.9 Å². The van der Waals surface area contributed by atoms with Crippen molar-refractivity contribution in [2.45, 2.75) is 45.4 Å². The summed E-state index contributed by atoms with van der Waals surface area (Å²) in [5, 5.41) is 1.21. The van der Waals surface area contributed by atoms with Crippen molar-refractivity contribution in [3.8, 4) is 22.4 Å². The fraction of sp³-hybridized carbons (Fsp3) is 0.320. The van der Waals surface area contributed by atoms with E-state index in [9.17, 15) is 4.79 Å². The molecule has 1 fully saturated rings. The molecule has 1 saturated carbocycles. The van der Waals surface area contributed by atoms with Gasteiger partial charge in [-0.15, -0.1) is 0 Å². The average Bonchev–Trinajstić information content (AvgIpc) is 2.79. The molecule has 0 saturated heterocycles. The van der Waals surface area contributed by atoms with Crippen molar-refractivity contribution in [1.29, 1.82) is 0 Å². The Bertz CT molecular complexity index is 1430. The number of pyridine rings is 1. The van der Waals surface area contributed by atoms with Crippen molar-refractivity contribution in [3.63, 3.8) is 0 Å². The molecular formula is C25H25ClN6O2. The van der Waals surface area contributed by atoms with Crippen molar-refractivity contribution in [2.24, 2.45) is 5.73 Å². The summed E-state index contributed by atoms with van der Waals surface area (Å²) >= 11 is 6.68. The summed E-state index contributed by atoms with van der Waals surface area (Å²) in [7, 11) is 0. The summed E-state index contributed by atoms with van der Waals surface area (Å²) in [6.45, 7) is 4.46. The molecule has 34 heavy (non-hydrogen) atoms. The Morgan fingerprint density at radius 1 is 1.12 bits per heavy atom. The molecule has 1 aliphatic carbocycles. The van der Waals surface area contributed by atoms with Gasteiger partial charge in [-0.25, -0.2) is 15.0 Å². The molecule has 0 atom stereocenters. The van der Waals surface area contributed by atoms with Gasteiger partial charge in [-0.2, -0.15) is 0 Å². The van der Waals surface area contributed by atoms with Gasteiger partial charge in [0.25, 0.3) is 5.56 Å². The van der Waals surface area contributed by atoms with Gasteiger partial charge in [0.2, 0.25) is 0 Å². The summed E-state index contributed by atoms with van der Waals surface area (Å²) < 4.78 is 7.56. The van der Waals surface area contributed by atoms with E-state index in [1.165, 1.54) is 0 Å². The minimum Gasteiger partial charge on any atom is -0.376 e. The highest BCUT2D eigenvalue weighted by molar-refractivity contribution is 6.33. The third kappa shape index (κ3) is 4.44. The van der Waals surface area contributed by atoms with Crippen molar-refractivity contribution in [3.05, 3.63) is 69.8 Å². The van der Waals surface area contributed by atoms with E-state index >= 15 is 0 Å². The molecule has 0 spiro atoms. The Morgan fingerprint density at radius 2 is 1.94 bits per heavy atom. The number of rotatable bonds is 6. The number of benzene rings is 1. The first-order valence-corrected chi connectivity index (χ1v) is 11.6. The number of nitrogens with two attached hydrogens (primary N) is 1. The topological polar surface area (TPSA) is 109 Å². The molecule has 3 heterocycles. The van der Waals surface area contributed by atoms with Gasteiger partial charge in [-0.1, -0.05) is 23.7 Å². The summed E-state index contributed by atoms with van der Waals surface area (Å²) in [4.78, 5) is 31.2. The molecule has 0 amide bonds. The number of ether oxygens (including phenoxy) is 1. The lowest BCUT2D eigenvalue weighted by atomic mass is 9.90. The van der Waals surface area contributed by atoms with Crippen LogP contribution in [0.25, 0.3) is 33.4 Å². The molecule has 1 aromatic carbocycles. The largest absolute Gasteiger partial charge is 0.376 e. The second-order valence-corrected chi connectivity index (χ2v) is 9.08. The molecule has 0 aliphatic heterocycles. The highest BCUT2D eigenvalue weighted by Crippen LogP contribution is 2.31. The Labute approximate surface area is 201 Å². The van der Waals surface area contributed by atoms with Gasteiger partial charge in [0, 0.05) is 45.5 Å². The monoisotopic (exact) mass is 476 g/mol. The Hall–Kier alpha value is -3.20. The number of aromatic nitrogens is 5. The second-order valence-electron chi connectivity index (χ2n) is 8.68. The van der Waals surface area contributed by atoms with Crippen LogP contribution in [0.15, 0.2) is 47.7 Å². The lowest BCUT2D eigenvalue weighted by Crippen LogP contribution is -2.42.